The van der Waals surface area contributed by atoms with Crippen LogP contribution in [0, 0.1) is 6.92 Å². The Balaban J connectivity index is 0.00000136. The predicted octanol–water partition coefficient (Wildman–Crippen LogP) is 3.70. The first-order chi connectivity index (χ1) is 13.4. The quantitative estimate of drug-likeness (QED) is 0.661. The van der Waals surface area contributed by atoms with Crippen molar-refractivity contribution < 1.29 is 9.53 Å². The smallest absolute Gasteiger partial charge is 0.253 e. The van der Waals surface area contributed by atoms with Crippen LogP contribution in [0.25, 0.3) is 0 Å². The van der Waals surface area contributed by atoms with Gasteiger partial charge >= 0.3 is 0 Å². The van der Waals surface area contributed by atoms with Gasteiger partial charge in [0.1, 0.15) is 18.2 Å². The van der Waals surface area contributed by atoms with E-state index in [-0.39, 0.29) is 12.5 Å². The number of hydrogen-bond donors (Lipinski definition) is 3. The monoisotopic (exact) mass is 401 g/mol. The van der Waals surface area contributed by atoms with Gasteiger partial charge in [-0.25, -0.2) is 0 Å². The first-order valence-corrected chi connectivity index (χ1v) is 9.90. The number of anilines is 1. The Hall–Kier alpha value is -2.74. The largest absolute Gasteiger partial charge is 0.490 e. The molecule has 0 saturated carbocycles. The molecule has 8 heteroatoms. The molecule has 28 heavy (non-hydrogen) atoms. The number of ether oxygens (including phenoxy) is 1. The van der Waals surface area contributed by atoms with Gasteiger partial charge in [0.2, 0.25) is 0 Å². The van der Waals surface area contributed by atoms with Gasteiger partial charge in [0.15, 0.2) is 0 Å². The number of amidine groups is 1. The molecule has 1 aromatic heterocycles. The van der Waals surface area contributed by atoms with Gasteiger partial charge in [-0.3, -0.25) is 9.78 Å². The summed E-state index contributed by atoms with van der Waals surface area (Å²) in [4.78, 5) is 16.7. The summed E-state index contributed by atoms with van der Waals surface area (Å²) < 4.78 is 13.2. The van der Waals surface area contributed by atoms with Gasteiger partial charge in [-0.15, -0.1) is 0 Å². The van der Waals surface area contributed by atoms with Gasteiger partial charge < -0.3 is 20.5 Å². The summed E-state index contributed by atoms with van der Waals surface area (Å²) in [5, 5.41) is 2.99. The van der Waals surface area contributed by atoms with E-state index in [0.29, 0.717) is 22.8 Å². The van der Waals surface area contributed by atoms with E-state index in [1.807, 2.05) is 52.8 Å². The van der Waals surface area contributed by atoms with Crippen LogP contribution < -0.4 is 20.5 Å². The van der Waals surface area contributed by atoms with Crippen molar-refractivity contribution in [1.82, 2.24) is 10.3 Å². The molecule has 0 aliphatic carbocycles. The maximum absolute atomic E-state index is 12.5. The summed E-state index contributed by atoms with van der Waals surface area (Å²) in [6.07, 6.45) is 1.66. The second kappa shape index (κ2) is 9.45. The predicted molar refractivity (Wildman–Crippen MR) is 116 cm³/mol. The minimum Gasteiger partial charge on any atom is -0.490 e. The van der Waals surface area contributed by atoms with Crippen molar-refractivity contribution in [1.29, 1.82) is 0 Å². The molecule has 0 fully saturated rings. The Morgan fingerprint density at radius 1 is 1.29 bits per heavy atom. The minimum atomic E-state index is -0.592. The van der Waals surface area contributed by atoms with E-state index in [4.69, 9.17) is 10.5 Å². The van der Waals surface area contributed by atoms with Crippen LogP contribution in [0.2, 0.25) is 0 Å². The van der Waals surface area contributed by atoms with Crippen LogP contribution in [-0.4, -0.2) is 28.9 Å². The molecule has 1 amide bonds. The molecular weight excluding hydrogens is 374 g/mol. The SMILES string of the molecule is CC.Cc1ncccc1C(=O)NC(C)(C)COc1cccc2c1C(N)=NSN2. The number of carbonyl (C=O) groups is 1. The number of amides is 1. The number of aryl methyl sites for hydroxylation is 1. The maximum Gasteiger partial charge on any atom is 0.253 e. The van der Waals surface area contributed by atoms with Crippen LogP contribution in [0.5, 0.6) is 5.75 Å². The number of nitrogens with zero attached hydrogens (tertiary/aromatic N) is 2. The lowest BCUT2D eigenvalue weighted by Gasteiger charge is -2.27. The summed E-state index contributed by atoms with van der Waals surface area (Å²) in [6.45, 7) is 9.88. The lowest BCUT2D eigenvalue weighted by atomic mass is 10.1. The number of carbonyl (C=O) groups excluding carboxylic acids is 1. The van der Waals surface area contributed by atoms with E-state index in [0.717, 1.165) is 11.3 Å². The van der Waals surface area contributed by atoms with Gasteiger partial charge in [0.05, 0.1) is 34.5 Å². The number of benzene rings is 1. The number of pyridine rings is 1. The van der Waals surface area contributed by atoms with Crippen molar-refractivity contribution in [2.45, 2.75) is 40.2 Å². The van der Waals surface area contributed by atoms with Crippen molar-refractivity contribution in [3.8, 4) is 5.75 Å². The third kappa shape index (κ3) is 5.16. The zero-order valence-electron chi connectivity index (χ0n) is 16.9. The van der Waals surface area contributed by atoms with Crippen LogP contribution >= 0.6 is 12.1 Å². The highest BCUT2D eigenvalue weighted by molar-refractivity contribution is 7.99. The first kappa shape index (κ1) is 21.6. The average Bonchev–Trinajstić information content (AvgIpc) is 2.68. The number of hydrogen-bond acceptors (Lipinski definition) is 7. The molecule has 7 nitrogen and oxygen atoms in total. The van der Waals surface area contributed by atoms with Crippen LogP contribution in [0.4, 0.5) is 5.69 Å². The normalized spacial score (nSPS) is 12.5. The highest BCUT2D eigenvalue weighted by Crippen LogP contribution is 2.32. The average molecular weight is 402 g/mol. The Morgan fingerprint density at radius 2 is 2.04 bits per heavy atom. The highest BCUT2D eigenvalue weighted by atomic mass is 32.2. The van der Waals surface area contributed by atoms with E-state index in [2.05, 4.69) is 19.4 Å². The molecule has 150 valence electrons. The molecule has 1 aliphatic rings. The molecule has 0 bridgehead atoms. The summed E-state index contributed by atoms with van der Waals surface area (Å²) in [5.41, 5.74) is 8.22. The summed E-state index contributed by atoms with van der Waals surface area (Å²) >= 11 is 1.18. The molecule has 1 aliphatic heterocycles. The molecule has 0 spiro atoms. The highest BCUT2D eigenvalue weighted by Gasteiger charge is 2.25. The molecule has 0 saturated heterocycles. The summed E-state index contributed by atoms with van der Waals surface area (Å²) in [5.74, 6) is 0.849. The van der Waals surface area contributed by atoms with Crippen molar-refractivity contribution in [3.05, 3.63) is 53.3 Å². The fourth-order valence-corrected chi connectivity index (χ4v) is 3.06. The number of rotatable bonds is 5. The number of nitrogens with one attached hydrogen (secondary N) is 2. The van der Waals surface area contributed by atoms with E-state index >= 15 is 0 Å². The standard InChI is InChI=1S/C18H21N5O2S.C2H6/c1-11-12(6-5-9-20-11)17(24)21-18(2,3)10-25-14-8-4-7-13-15(14)16(19)23-26-22-13;1-2/h4-9,22H,10H2,1-3H3,(H2,19,23)(H,21,24);1-2H3. The van der Waals surface area contributed by atoms with Crippen LogP contribution in [0.1, 0.15) is 49.3 Å². The van der Waals surface area contributed by atoms with E-state index in [1.165, 1.54) is 12.1 Å². The Kier molecular flexibility index (Phi) is 7.28. The third-order valence-corrected chi connectivity index (χ3v) is 4.47. The van der Waals surface area contributed by atoms with Crippen molar-refractivity contribution >= 4 is 29.6 Å². The molecule has 0 atom stereocenters. The Morgan fingerprint density at radius 3 is 2.75 bits per heavy atom. The Bertz CT molecular complexity index is 867. The van der Waals surface area contributed by atoms with Gasteiger partial charge in [0, 0.05) is 11.9 Å². The van der Waals surface area contributed by atoms with E-state index in [9.17, 15) is 4.79 Å². The van der Waals surface area contributed by atoms with Crippen molar-refractivity contribution in [2.75, 3.05) is 11.3 Å². The van der Waals surface area contributed by atoms with Crippen LogP contribution in [0.15, 0.2) is 40.9 Å². The van der Waals surface area contributed by atoms with E-state index < -0.39 is 5.54 Å². The zero-order valence-corrected chi connectivity index (χ0v) is 17.7. The molecule has 1 aromatic carbocycles. The van der Waals surface area contributed by atoms with Crippen LogP contribution in [-0.2, 0) is 0 Å². The van der Waals surface area contributed by atoms with E-state index in [1.54, 1.807) is 18.3 Å². The second-order valence-electron chi connectivity index (χ2n) is 6.61. The maximum atomic E-state index is 12.5. The molecule has 0 radical (unpaired) electrons. The molecule has 2 aromatic rings. The van der Waals surface area contributed by atoms with Gasteiger partial charge in [-0.1, -0.05) is 19.9 Å². The topological polar surface area (TPSA) is 102 Å². The lowest BCUT2D eigenvalue weighted by Crippen LogP contribution is -2.48. The van der Waals surface area contributed by atoms with Gasteiger partial charge in [-0.2, -0.15) is 4.40 Å². The third-order valence-electron chi connectivity index (χ3n) is 3.87. The lowest BCUT2D eigenvalue weighted by molar-refractivity contribution is 0.0879. The summed E-state index contributed by atoms with van der Waals surface area (Å²) in [7, 11) is 0. The van der Waals surface area contributed by atoms with Crippen molar-refractivity contribution in [2.24, 2.45) is 10.1 Å². The summed E-state index contributed by atoms with van der Waals surface area (Å²) in [6, 6.07) is 9.12. The zero-order chi connectivity index (χ0) is 20.7. The fourth-order valence-electron chi connectivity index (χ4n) is 2.56. The molecule has 4 N–H and O–H groups in total. The number of fused-ring (bicyclic) bond motifs is 1. The molecular formula is C20H27N5O2S. The Labute approximate surface area is 170 Å². The number of aromatic nitrogens is 1. The molecule has 3 rings (SSSR count). The van der Waals surface area contributed by atoms with Gasteiger partial charge in [-0.05, 0) is 45.0 Å². The molecule has 0 unspecified atom stereocenters. The van der Waals surface area contributed by atoms with Crippen molar-refractivity contribution in [3.63, 3.8) is 0 Å². The fraction of sp³-hybridized carbons (Fsp3) is 0.350. The van der Waals surface area contributed by atoms with Gasteiger partial charge in [0.25, 0.3) is 5.91 Å². The minimum absolute atomic E-state index is 0.182. The van der Waals surface area contributed by atoms with Crippen LogP contribution in [0.3, 0.4) is 0 Å². The molecule has 2 heterocycles. The second-order valence-corrected chi connectivity index (χ2v) is 7.18. The number of nitrogens with two attached hydrogens (primary N) is 1. The first-order valence-electron chi connectivity index (χ1n) is 9.13.